The number of hydrogen-bond donors (Lipinski definition) is 3. The number of ether oxygens (including phenoxy) is 1. The Morgan fingerprint density at radius 1 is 1.37 bits per heavy atom. The van der Waals surface area contributed by atoms with Crippen LogP contribution in [0.2, 0.25) is 0 Å². The van der Waals surface area contributed by atoms with Crippen LogP contribution >= 0.6 is 7.60 Å². The van der Waals surface area contributed by atoms with Crippen LogP contribution in [-0.4, -0.2) is 33.5 Å². The van der Waals surface area contributed by atoms with Crippen molar-refractivity contribution in [2.45, 2.75) is 12.1 Å². The highest BCUT2D eigenvalue weighted by Gasteiger charge is 2.26. The second-order valence-corrected chi connectivity index (χ2v) is 5.78. The number of benzene rings is 1. The Kier molecular flexibility index (Phi) is 5.44. The van der Waals surface area contributed by atoms with Gasteiger partial charge < -0.3 is 20.3 Å². The number of nitrogens with two attached hydrogens (primary N) is 1. The molecule has 0 aromatic heterocycles. The molecule has 1 atom stereocenters. The van der Waals surface area contributed by atoms with E-state index < -0.39 is 18.2 Å². The number of nitrogens with zero attached hydrogens (tertiary/aromatic N) is 1. The lowest BCUT2D eigenvalue weighted by molar-refractivity contribution is -0.384. The zero-order valence-electron chi connectivity index (χ0n) is 10.0. The van der Waals surface area contributed by atoms with Crippen molar-refractivity contribution in [1.82, 2.24) is 0 Å². The van der Waals surface area contributed by atoms with Gasteiger partial charge in [-0.15, -0.1) is 0 Å². The van der Waals surface area contributed by atoms with Crippen LogP contribution in [0.1, 0.15) is 6.42 Å². The van der Waals surface area contributed by atoms with Gasteiger partial charge in [0, 0.05) is 18.7 Å². The van der Waals surface area contributed by atoms with Gasteiger partial charge in [-0.3, -0.25) is 14.7 Å². The van der Waals surface area contributed by atoms with Crippen LogP contribution in [0.4, 0.5) is 5.69 Å². The monoisotopic (exact) mass is 290 g/mol. The first kappa shape index (κ1) is 15.6. The number of rotatable bonds is 7. The van der Waals surface area contributed by atoms with Crippen molar-refractivity contribution < 1.29 is 24.0 Å². The molecule has 4 N–H and O–H groups in total. The molecule has 0 aliphatic rings. The van der Waals surface area contributed by atoms with Gasteiger partial charge >= 0.3 is 7.60 Å². The molecule has 1 unspecified atom stereocenters. The Labute approximate surface area is 109 Å². The van der Waals surface area contributed by atoms with Crippen LogP contribution in [0.5, 0.6) is 5.75 Å². The Hall–Kier alpha value is -1.47. The van der Waals surface area contributed by atoms with Crippen LogP contribution in [-0.2, 0) is 4.57 Å². The summed E-state index contributed by atoms with van der Waals surface area (Å²) in [6, 6.07) is 5.43. The SMILES string of the molecule is NCC(CCOc1ccc([N+](=O)[O-])cc1)P(=O)(O)O. The Morgan fingerprint density at radius 3 is 2.37 bits per heavy atom. The van der Waals surface area contributed by atoms with E-state index >= 15 is 0 Å². The topological polar surface area (TPSA) is 136 Å². The lowest BCUT2D eigenvalue weighted by Gasteiger charge is -2.16. The van der Waals surface area contributed by atoms with Gasteiger partial charge in [0.15, 0.2) is 0 Å². The summed E-state index contributed by atoms with van der Waals surface area (Å²) in [5.74, 6) is 0.395. The van der Waals surface area contributed by atoms with E-state index in [0.29, 0.717) is 5.75 Å². The highest BCUT2D eigenvalue weighted by molar-refractivity contribution is 7.52. The van der Waals surface area contributed by atoms with Gasteiger partial charge in [0.25, 0.3) is 5.69 Å². The maximum Gasteiger partial charge on any atom is 0.330 e. The van der Waals surface area contributed by atoms with Gasteiger partial charge in [0.2, 0.25) is 0 Å². The molecule has 9 heteroatoms. The molecule has 1 rings (SSSR count). The van der Waals surface area contributed by atoms with Gasteiger partial charge in [0.1, 0.15) is 5.75 Å². The molecule has 0 fully saturated rings. The third kappa shape index (κ3) is 4.96. The molecular formula is C10H15N2O6P. The second-order valence-electron chi connectivity index (χ2n) is 3.87. The molecule has 0 heterocycles. The third-order valence-corrected chi connectivity index (χ3v) is 3.94. The molecule has 106 valence electrons. The lowest BCUT2D eigenvalue weighted by Crippen LogP contribution is -2.22. The summed E-state index contributed by atoms with van der Waals surface area (Å²) in [6.45, 7) is -0.0569. The summed E-state index contributed by atoms with van der Waals surface area (Å²) >= 11 is 0. The lowest BCUT2D eigenvalue weighted by atomic mass is 10.3. The number of nitro groups is 1. The van der Waals surface area contributed by atoms with Crippen LogP contribution in [0.25, 0.3) is 0 Å². The Balaban J connectivity index is 2.49. The molecular weight excluding hydrogens is 275 g/mol. The standard InChI is InChI=1S/C10H15N2O6P/c11-7-10(19(15,16)17)5-6-18-9-3-1-8(2-4-9)12(13)14/h1-4,10H,5-7,11H2,(H2,15,16,17). The van der Waals surface area contributed by atoms with Gasteiger partial charge in [-0.1, -0.05) is 0 Å². The van der Waals surface area contributed by atoms with E-state index in [1.807, 2.05) is 0 Å². The van der Waals surface area contributed by atoms with Gasteiger partial charge in [-0.25, -0.2) is 0 Å². The molecule has 1 aromatic carbocycles. The number of nitro benzene ring substituents is 1. The second kappa shape index (κ2) is 6.63. The molecule has 19 heavy (non-hydrogen) atoms. The highest BCUT2D eigenvalue weighted by Crippen LogP contribution is 2.42. The average Bonchev–Trinajstić information content (AvgIpc) is 2.33. The van der Waals surface area contributed by atoms with E-state index in [1.165, 1.54) is 24.3 Å². The summed E-state index contributed by atoms with van der Waals surface area (Å²) in [5, 5.41) is 10.4. The van der Waals surface area contributed by atoms with E-state index in [1.54, 1.807) is 0 Å². The largest absolute Gasteiger partial charge is 0.494 e. The van der Waals surface area contributed by atoms with Crippen molar-refractivity contribution in [3.8, 4) is 5.75 Å². The van der Waals surface area contributed by atoms with Crippen LogP contribution in [0, 0.1) is 10.1 Å². The summed E-state index contributed by atoms with van der Waals surface area (Å²) in [5.41, 5.74) is 4.28. The first-order valence-corrected chi connectivity index (χ1v) is 7.15. The van der Waals surface area contributed by atoms with Gasteiger partial charge in [-0.2, -0.15) is 0 Å². The van der Waals surface area contributed by atoms with Crippen molar-refractivity contribution in [2.24, 2.45) is 5.73 Å². The number of non-ortho nitro benzene ring substituents is 1. The zero-order chi connectivity index (χ0) is 14.5. The maximum absolute atomic E-state index is 11.0. The van der Waals surface area contributed by atoms with Crippen molar-refractivity contribution in [2.75, 3.05) is 13.2 Å². The summed E-state index contributed by atoms with van der Waals surface area (Å²) in [6.07, 6.45) is 0.109. The fourth-order valence-electron chi connectivity index (χ4n) is 1.40. The molecule has 0 saturated carbocycles. The fourth-order valence-corrected chi connectivity index (χ4v) is 2.12. The minimum Gasteiger partial charge on any atom is -0.494 e. The maximum atomic E-state index is 11.0. The van der Waals surface area contributed by atoms with Crippen molar-refractivity contribution in [3.05, 3.63) is 34.4 Å². The van der Waals surface area contributed by atoms with E-state index in [4.69, 9.17) is 20.3 Å². The minimum atomic E-state index is -4.21. The zero-order valence-corrected chi connectivity index (χ0v) is 10.9. The van der Waals surface area contributed by atoms with E-state index in [2.05, 4.69) is 0 Å². The van der Waals surface area contributed by atoms with Crippen LogP contribution < -0.4 is 10.5 Å². The Bertz CT molecular complexity index is 471. The highest BCUT2D eigenvalue weighted by atomic mass is 31.2. The van der Waals surface area contributed by atoms with E-state index in [-0.39, 0.29) is 25.3 Å². The molecule has 0 saturated heterocycles. The fraction of sp³-hybridized carbons (Fsp3) is 0.400. The van der Waals surface area contributed by atoms with Crippen molar-refractivity contribution >= 4 is 13.3 Å². The normalized spacial score (nSPS) is 13.0. The van der Waals surface area contributed by atoms with Crippen molar-refractivity contribution in [3.63, 3.8) is 0 Å². The summed E-state index contributed by atoms with van der Waals surface area (Å²) in [7, 11) is -4.21. The molecule has 0 radical (unpaired) electrons. The minimum absolute atomic E-state index is 0.0533. The number of hydrogen-bond acceptors (Lipinski definition) is 5. The quantitative estimate of drug-likeness (QED) is 0.385. The molecule has 8 nitrogen and oxygen atoms in total. The Morgan fingerprint density at radius 2 is 1.95 bits per heavy atom. The van der Waals surface area contributed by atoms with Gasteiger partial charge in [0.05, 0.1) is 17.2 Å². The van der Waals surface area contributed by atoms with Crippen LogP contribution in [0.3, 0.4) is 0 Å². The first-order chi connectivity index (χ1) is 8.84. The average molecular weight is 290 g/mol. The van der Waals surface area contributed by atoms with Crippen molar-refractivity contribution in [1.29, 1.82) is 0 Å². The predicted molar refractivity (Wildman–Crippen MR) is 68.1 cm³/mol. The molecule has 0 spiro atoms. The van der Waals surface area contributed by atoms with E-state index in [9.17, 15) is 14.7 Å². The molecule has 0 amide bonds. The first-order valence-electron chi connectivity index (χ1n) is 5.47. The predicted octanol–water partition coefficient (Wildman–Crippen LogP) is 0.869. The molecule has 0 aliphatic heterocycles. The van der Waals surface area contributed by atoms with Gasteiger partial charge in [-0.05, 0) is 18.6 Å². The smallest absolute Gasteiger partial charge is 0.330 e. The molecule has 1 aromatic rings. The third-order valence-electron chi connectivity index (χ3n) is 2.52. The molecule has 0 aliphatic carbocycles. The molecule has 0 bridgehead atoms. The summed E-state index contributed by atoms with van der Waals surface area (Å²) < 4.78 is 16.3. The van der Waals surface area contributed by atoms with Crippen LogP contribution in [0.15, 0.2) is 24.3 Å². The van der Waals surface area contributed by atoms with E-state index in [0.717, 1.165) is 0 Å². The summed E-state index contributed by atoms with van der Waals surface area (Å²) in [4.78, 5) is 27.8.